The van der Waals surface area contributed by atoms with E-state index in [1.165, 1.54) is 25.7 Å². The van der Waals surface area contributed by atoms with E-state index in [2.05, 4.69) is 6.92 Å². The van der Waals surface area contributed by atoms with Crippen LogP contribution in [0, 0.1) is 0 Å². The largest absolute Gasteiger partial charge is 0.550 e. The number of aliphatic carboxylic acids is 1. The maximum Gasteiger partial charge on any atom is 0.0540 e. The maximum atomic E-state index is 10.2. The van der Waals surface area contributed by atoms with Crippen molar-refractivity contribution in [1.29, 1.82) is 0 Å². The van der Waals surface area contributed by atoms with Gasteiger partial charge in [-0.15, -0.1) is 0 Å². The summed E-state index contributed by atoms with van der Waals surface area (Å²) in [5, 5.41) is 20.0. The quantitative estimate of drug-likeness (QED) is 0.494. The van der Waals surface area contributed by atoms with Gasteiger partial charge in [0.15, 0.2) is 0 Å². The number of unbranched alkanes of at least 4 members (excludes halogenated alkanes) is 8. The van der Waals surface area contributed by atoms with Crippen molar-refractivity contribution in [3.8, 4) is 0 Å². The van der Waals surface area contributed by atoms with E-state index in [0.717, 1.165) is 51.4 Å². The monoisotopic (exact) mass is 271 g/mol. The first-order chi connectivity index (χ1) is 9.16. The number of rotatable bonds is 14. The highest BCUT2D eigenvalue weighted by atomic mass is 16.4. The van der Waals surface area contributed by atoms with Crippen LogP contribution in [0.15, 0.2) is 0 Å². The summed E-state index contributed by atoms with van der Waals surface area (Å²) in [5.74, 6) is -0.946. The third-order valence-corrected chi connectivity index (χ3v) is 3.56. The second-order valence-corrected chi connectivity index (χ2v) is 5.54. The van der Waals surface area contributed by atoms with Crippen LogP contribution in [0.3, 0.4) is 0 Å². The van der Waals surface area contributed by atoms with E-state index in [0.29, 0.717) is 0 Å². The lowest BCUT2D eigenvalue weighted by atomic mass is 10.0. The van der Waals surface area contributed by atoms with Gasteiger partial charge in [0.2, 0.25) is 0 Å². The maximum absolute atomic E-state index is 10.2. The Balaban J connectivity index is 3.15. The molecule has 114 valence electrons. The number of carbonyl (C=O) groups excluding carboxylic acids is 1. The highest BCUT2D eigenvalue weighted by molar-refractivity contribution is 5.63. The minimum Gasteiger partial charge on any atom is -0.550 e. The van der Waals surface area contributed by atoms with Crippen LogP contribution in [0.4, 0.5) is 0 Å². The Labute approximate surface area is 118 Å². The third-order valence-electron chi connectivity index (χ3n) is 3.56. The van der Waals surface area contributed by atoms with Crippen molar-refractivity contribution in [2.24, 2.45) is 0 Å². The van der Waals surface area contributed by atoms with E-state index in [9.17, 15) is 15.0 Å². The van der Waals surface area contributed by atoms with Crippen molar-refractivity contribution in [2.45, 2.75) is 96.5 Å². The summed E-state index contributed by atoms with van der Waals surface area (Å²) in [6.45, 7) is 2.21. The second kappa shape index (κ2) is 13.9. The van der Waals surface area contributed by atoms with Crippen molar-refractivity contribution < 1.29 is 15.0 Å². The fraction of sp³-hybridized carbons (Fsp3) is 0.938. The molecule has 0 aliphatic heterocycles. The number of carboxylic acid groups (broad SMARTS) is 1. The molecule has 0 fully saturated rings. The first-order valence-electron chi connectivity index (χ1n) is 8.04. The van der Waals surface area contributed by atoms with Gasteiger partial charge < -0.3 is 15.0 Å². The molecule has 0 amide bonds. The zero-order valence-electron chi connectivity index (χ0n) is 12.5. The normalized spacial score (nSPS) is 12.5. The van der Waals surface area contributed by atoms with E-state index < -0.39 is 5.97 Å². The smallest absolute Gasteiger partial charge is 0.0540 e. The van der Waals surface area contributed by atoms with Crippen LogP contribution in [-0.4, -0.2) is 17.2 Å². The van der Waals surface area contributed by atoms with Gasteiger partial charge in [-0.2, -0.15) is 0 Å². The molecule has 0 saturated carbocycles. The van der Waals surface area contributed by atoms with Gasteiger partial charge in [0.05, 0.1) is 6.10 Å². The molecule has 0 aliphatic carbocycles. The van der Waals surface area contributed by atoms with Gasteiger partial charge in [-0.25, -0.2) is 0 Å². The molecule has 1 unspecified atom stereocenters. The predicted octanol–water partition coefficient (Wildman–Crippen LogP) is 3.19. The summed E-state index contributed by atoms with van der Waals surface area (Å²) in [7, 11) is 0. The first-order valence-corrected chi connectivity index (χ1v) is 8.04. The molecule has 0 spiro atoms. The standard InChI is InChI=1S/C16H32O3/c1-2-3-4-6-9-12-15(17)13-10-7-5-8-11-14-16(18)19/h15,17H,2-14H2,1H3,(H,18,19)/p-1. The molecule has 0 aromatic carbocycles. The molecular formula is C16H31O3-. The summed E-state index contributed by atoms with van der Waals surface area (Å²) in [4.78, 5) is 10.2. The molecule has 0 aliphatic rings. The van der Waals surface area contributed by atoms with Gasteiger partial charge >= 0.3 is 0 Å². The zero-order chi connectivity index (χ0) is 14.3. The fourth-order valence-electron chi connectivity index (χ4n) is 2.31. The van der Waals surface area contributed by atoms with E-state index in [1.807, 2.05) is 0 Å². The second-order valence-electron chi connectivity index (χ2n) is 5.54. The fourth-order valence-corrected chi connectivity index (χ4v) is 2.31. The van der Waals surface area contributed by atoms with Crippen LogP contribution in [-0.2, 0) is 4.79 Å². The number of aliphatic hydroxyl groups is 1. The molecule has 0 rings (SSSR count). The van der Waals surface area contributed by atoms with Crippen molar-refractivity contribution in [3.63, 3.8) is 0 Å². The molecule has 0 aromatic heterocycles. The highest BCUT2D eigenvalue weighted by Gasteiger charge is 2.03. The van der Waals surface area contributed by atoms with Gasteiger partial charge in [-0.05, 0) is 25.7 Å². The number of hydrogen-bond acceptors (Lipinski definition) is 3. The van der Waals surface area contributed by atoms with Gasteiger partial charge in [0.25, 0.3) is 0 Å². The van der Waals surface area contributed by atoms with E-state index in [4.69, 9.17) is 0 Å². The summed E-state index contributed by atoms with van der Waals surface area (Å²) in [6, 6.07) is 0. The van der Waals surface area contributed by atoms with E-state index in [1.54, 1.807) is 0 Å². The molecule has 3 nitrogen and oxygen atoms in total. The average molecular weight is 271 g/mol. The van der Waals surface area contributed by atoms with Crippen LogP contribution in [0.1, 0.15) is 90.4 Å². The number of carbonyl (C=O) groups is 1. The Hall–Kier alpha value is -0.570. The van der Waals surface area contributed by atoms with Crippen LogP contribution in [0.25, 0.3) is 0 Å². The first kappa shape index (κ1) is 18.4. The molecule has 0 radical (unpaired) electrons. The Morgan fingerprint density at radius 1 is 0.895 bits per heavy atom. The average Bonchev–Trinajstić information content (AvgIpc) is 2.37. The Morgan fingerprint density at radius 2 is 1.37 bits per heavy atom. The molecule has 3 heteroatoms. The minimum absolute atomic E-state index is 0.134. The summed E-state index contributed by atoms with van der Waals surface area (Å²) in [6.07, 6.45) is 13.0. The lowest BCUT2D eigenvalue weighted by Gasteiger charge is -2.10. The van der Waals surface area contributed by atoms with Crippen molar-refractivity contribution in [1.82, 2.24) is 0 Å². The zero-order valence-corrected chi connectivity index (χ0v) is 12.5. The summed E-state index contributed by atoms with van der Waals surface area (Å²) < 4.78 is 0. The SMILES string of the molecule is CCCCCCCC(O)CCCCCCCC(=O)[O-]. The molecule has 0 saturated heterocycles. The van der Waals surface area contributed by atoms with Gasteiger partial charge in [0, 0.05) is 5.97 Å². The Bertz CT molecular complexity index is 204. The van der Waals surface area contributed by atoms with E-state index >= 15 is 0 Å². The van der Waals surface area contributed by atoms with Crippen LogP contribution in [0.2, 0.25) is 0 Å². The lowest BCUT2D eigenvalue weighted by Crippen LogP contribution is -2.21. The Kier molecular flexibility index (Phi) is 13.4. The number of aliphatic hydroxyl groups excluding tert-OH is 1. The van der Waals surface area contributed by atoms with Crippen molar-refractivity contribution in [3.05, 3.63) is 0 Å². The topological polar surface area (TPSA) is 60.4 Å². The van der Waals surface area contributed by atoms with Crippen LogP contribution < -0.4 is 5.11 Å². The van der Waals surface area contributed by atoms with Crippen molar-refractivity contribution in [2.75, 3.05) is 0 Å². The van der Waals surface area contributed by atoms with Gasteiger partial charge in [-0.3, -0.25) is 0 Å². The summed E-state index contributed by atoms with van der Waals surface area (Å²) >= 11 is 0. The minimum atomic E-state index is -0.946. The molecular weight excluding hydrogens is 240 g/mol. The number of hydrogen-bond donors (Lipinski definition) is 1. The van der Waals surface area contributed by atoms with Crippen LogP contribution >= 0.6 is 0 Å². The molecule has 0 aromatic rings. The lowest BCUT2D eigenvalue weighted by molar-refractivity contribution is -0.305. The molecule has 0 bridgehead atoms. The summed E-state index contributed by atoms with van der Waals surface area (Å²) in [5.41, 5.74) is 0. The van der Waals surface area contributed by atoms with Crippen molar-refractivity contribution >= 4 is 5.97 Å². The predicted molar refractivity (Wildman–Crippen MR) is 76.7 cm³/mol. The van der Waals surface area contributed by atoms with Crippen LogP contribution in [0.5, 0.6) is 0 Å². The third kappa shape index (κ3) is 15.4. The van der Waals surface area contributed by atoms with Gasteiger partial charge in [0.1, 0.15) is 0 Å². The molecule has 19 heavy (non-hydrogen) atoms. The Morgan fingerprint density at radius 3 is 1.89 bits per heavy atom. The molecule has 0 heterocycles. The molecule has 1 atom stereocenters. The highest BCUT2D eigenvalue weighted by Crippen LogP contribution is 2.13. The van der Waals surface area contributed by atoms with E-state index in [-0.39, 0.29) is 12.5 Å². The van der Waals surface area contributed by atoms with Gasteiger partial charge in [-0.1, -0.05) is 64.7 Å². The number of carboxylic acids is 1. The molecule has 1 N–H and O–H groups in total.